The number of furan rings is 1. The zero-order valence-electron chi connectivity index (χ0n) is 13.3. The van der Waals surface area contributed by atoms with E-state index in [2.05, 4.69) is 10.9 Å². The predicted molar refractivity (Wildman–Crippen MR) is 88.5 cm³/mol. The summed E-state index contributed by atoms with van der Waals surface area (Å²) in [5.41, 5.74) is 6.14. The van der Waals surface area contributed by atoms with E-state index in [4.69, 9.17) is 9.15 Å². The molecule has 1 aromatic heterocycles. The highest BCUT2D eigenvalue weighted by Gasteiger charge is 2.12. The molecule has 128 valence electrons. The van der Waals surface area contributed by atoms with Gasteiger partial charge in [0.2, 0.25) is 5.91 Å². The van der Waals surface area contributed by atoms with E-state index >= 15 is 0 Å². The maximum Gasteiger partial charge on any atom is 0.269 e. The van der Waals surface area contributed by atoms with Crippen LogP contribution >= 0.6 is 0 Å². The van der Waals surface area contributed by atoms with Crippen molar-refractivity contribution in [1.29, 1.82) is 0 Å². The molecule has 0 saturated carbocycles. The van der Waals surface area contributed by atoms with Crippen LogP contribution in [0.15, 0.2) is 53.1 Å². The van der Waals surface area contributed by atoms with Gasteiger partial charge in [0.1, 0.15) is 17.1 Å². The number of fused-ring (bicyclic) bond motifs is 1. The van der Waals surface area contributed by atoms with Gasteiger partial charge in [0, 0.05) is 22.6 Å². The van der Waals surface area contributed by atoms with E-state index in [1.54, 1.807) is 25.3 Å². The molecule has 2 aromatic carbocycles. The first-order valence-electron chi connectivity index (χ1n) is 7.45. The molecule has 2 N–H and O–H groups in total. The van der Waals surface area contributed by atoms with Crippen molar-refractivity contribution in [2.45, 2.75) is 6.42 Å². The predicted octanol–water partition coefficient (Wildman–Crippen LogP) is 2.58. The third-order valence-corrected chi connectivity index (χ3v) is 3.64. The second kappa shape index (κ2) is 7.04. The highest BCUT2D eigenvalue weighted by molar-refractivity contribution is 5.96. The molecule has 0 radical (unpaired) electrons. The lowest BCUT2D eigenvalue weighted by Gasteiger charge is -2.07. The molecule has 0 atom stereocenters. The SMILES string of the molecule is COc1ccc2c(CC(=O)NNC(=O)c3ccc(F)cc3)coc2c1. The number of hydrazine groups is 1. The average molecular weight is 342 g/mol. The standard InChI is InChI=1S/C18H15FN2O4/c1-24-14-6-7-15-12(10-25-16(15)9-14)8-17(22)20-21-18(23)11-2-4-13(19)5-3-11/h2-7,9-10H,8H2,1H3,(H,20,22)(H,21,23). The van der Waals surface area contributed by atoms with Gasteiger partial charge in [0.05, 0.1) is 19.8 Å². The summed E-state index contributed by atoms with van der Waals surface area (Å²) in [6, 6.07) is 10.3. The molecule has 25 heavy (non-hydrogen) atoms. The van der Waals surface area contributed by atoms with Crippen LogP contribution in [0, 0.1) is 5.82 Å². The summed E-state index contributed by atoms with van der Waals surface area (Å²) in [6.45, 7) is 0. The molecule has 0 fully saturated rings. The number of hydrogen-bond donors (Lipinski definition) is 2. The number of methoxy groups -OCH3 is 1. The fraction of sp³-hybridized carbons (Fsp3) is 0.111. The lowest BCUT2D eigenvalue weighted by Crippen LogP contribution is -2.42. The summed E-state index contributed by atoms with van der Waals surface area (Å²) in [7, 11) is 1.56. The zero-order valence-corrected chi connectivity index (χ0v) is 13.3. The molecule has 0 aliphatic carbocycles. The summed E-state index contributed by atoms with van der Waals surface area (Å²) >= 11 is 0. The van der Waals surface area contributed by atoms with E-state index in [1.165, 1.54) is 30.5 Å². The highest BCUT2D eigenvalue weighted by atomic mass is 19.1. The van der Waals surface area contributed by atoms with Crippen LogP contribution in [0.3, 0.4) is 0 Å². The van der Waals surface area contributed by atoms with Gasteiger partial charge in [-0.3, -0.25) is 20.4 Å². The fourth-order valence-corrected chi connectivity index (χ4v) is 2.34. The van der Waals surface area contributed by atoms with E-state index in [0.29, 0.717) is 16.9 Å². The van der Waals surface area contributed by atoms with Gasteiger partial charge in [-0.2, -0.15) is 0 Å². The molecular formula is C18H15FN2O4. The topological polar surface area (TPSA) is 80.6 Å². The summed E-state index contributed by atoms with van der Waals surface area (Å²) in [6.07, 6.45) is 1.52. The van der Waals surface area contributed by atoms with E-state index in [1.807, 2.05) is 0 Å². The lowest BCUT2D eigenvalue weighted by atomic mass is 10.1. The van der Waals surface area contributed by atoms with Gasteiger partial charge < -0.3 is 9.15 Å². The Balaban J connectivity index is 1.61. The Morgan fingerprint density at radius 1 is 1.12 bits per heavy atom. The normalized spacial score (nSPS) is 10.5. The smallest absolute Gasteiger partial charge is 0.269 e. The number of halogens is 1. The van der Waals surface area contributed by atoms with Crippen LogP contribution in [-0.2, 0) is 11.2 Å². The van der Waals surface area contributed by atoms with Crippen molar-refractivity contribution >= 4 is 22.8 Å². The molecular weight excluding hydrogens is 327 g/mol. The molecule has 0 aliphatic heterocycles. The molecule has 3 rings (SSSR count). The zero-order chi connectivity index (χ0) is 17.8. The van der Waals surface area contributed by atoms with Gasteiger partial charge in [-0.05, 0) is 36.4 Å². The van der Waals surface area contributed by atoms with Crippen molar-refractivity contribution in [2.75, 3.05) is 7.11 Å². The van der Waals surface area contributed by atoms with Gasteiger partial charge >= 0.3 is 0 Å². The molecule has 7 heteroatoms. The average Bonchev–Trinajstić information content (AvgIpc) is 3.02. The summed E-state index contributed by atoms with van der Waals surface area (Å²) in [4.78, 5) is 23.9. The molecule has 0 saturated heterocycles. The first-order chi connectivity index (χ1) is 12.1. The Labute approximate surface area is 142 Å². The van der Waals surface area contributed by atoms with E-state index < -0.39 is 17.6 Å². The minimum atomic E-state index is -0.532. The van der Waals surface area contributed by atoms with Crippen LogP contribution in [0.5, 0.6) is 5.75 Å². The Morgan fingerprint density at radius 2 is 1.88 bits per heavy atom. The van der Waals surface area contributed by atoms with E-state index in [0.717, 1.165) is 5.39 Å². The molecule has 6 nitrogen and oxygen atoms in total. The number of ether oxygens (including phenoxy) is 1. The van der Waals surface area contributed by atoms with Gasteiger partial charge in [-0.25, -0.2) is 4.39 Å². The highest BCUT2D eigenvalue weighted by Crippen LogP contribution is 2.25. The van der Waals surface area contributed by atoms with Gasteiger partial charge in [-0.1, -0.05) is 0 Å². The first kappa shape index (κ1) is 16.5. The fourth-order valence-electron chi connectivity index (χ4n) is 2.34. The largest absolute Gasteiger partial charge is 0.497 e. The van der Waals surface area contributed by atoms with Gasteiger partial charge in [-0.15, -0.1) is 0 Å². The number of amides is 2. The maximum atomic E-state index is 12.8. The van der Waals surface area contributed by atoms with Gasteiger partial charge in [0.25, 0.3) is 5.91 Å². The quantitative estimate of drug-likeness (QED) is 0.714. The van der Waals surface area contributed by atoms with E-state index in [-0.39, 0.29) is 12.0 Å². The molecule has 0 bridgehead atoms. The number of hydrogen-bond acceptors (Lipinski definition) is 4. The monoisotopic (exact) mass is 342 g/mol. The van der Waals surface area contributed by atoms with Crippen LogP contribution in [0.2, 0.25) is 0 Å². The minimum absolute atomic E-state index is 0.0308. The van der Waals surface area contributed by atoms with Crippen molar-refractivity contribution in [3.63, 3.8) is 0 Å². The number of nitrogens with one attached hydrogen (secondary N) is 2. The molecule has 0 unspecified atom stereocenters. The Bertz CT molecular complexity index is 918. The number of carbonyl (C=O) groups excluding carboxylic acids is 2. The number of benzene rings is 2. The molecule has 3 aromatic rings. The molecule has 0 aliphatic rings. The summed E-state index contributed by atoms with van der Waals surface area (Å²) in [5.74, 6) is -0.724. The Morgan fingerprint density at radius 3 is 2.60 bits per heavy atom. The number of rotatable bonds is 4. The van der Waals surface area contributed by atoms with Crippen LogP contribution in [0.1, 0.15) is 15.9 Å². The molecule has 2 amide bonds. The van der Waals surface area contributed by atoms with Crippen molar-refractivity contribution in [3.8, 4) is 5.75 Å². The maximum absolute atomic E-state index is 12.8. The van der Waals surface area contributed by atoms with Crippen LogP contribution < -0.4 is 15.6 Å². The lowest BCUT2D eigenvalue weighted by molar-refractivity contribution is -0.121. The Hall–Kier alpha value is -3.35. The third kappa shape index (κ3) is 3.77. The summed E-state index contributed by atoms with van der Waals surface area (Å²) in [5, 5.41) is 0.792. The van der Waals surface area contributed by atoms with Crippen molar-refractivity contribution in [3.05, 3.63) is 65.7 Å². The second-order valence-electron chi connectivity index (χ2n) is 5.31. The van der Waals surface area contributed by atoms with Crippen LogP contribution in [0.4, 0.5) is 4.39 Å². The van der Waals surface area contributed by atoms with E-state index in [9.17, 15) is 14.0 Å². The van der Waals surface area contributed by atoms with Crippen LogP contribution in [0.25, 0.3) is 11.0 Å². The molecule has 0 spiro atoms. The van der Waals surface area contributed by atoms with Crippen LogP contribution in [-0.4, -0.2) is 18.9 Å². The third-order valence-electron chi connectivity index (χ3n) is 3.64. The summed E-state index contributed by atoms with van der Waals surface area (Å²) < 4.78 is 23.4. The van der Waals surface area contributed by atoms with Crippen molar-refractivity contribution < 1.29 is 23.1 Å². The molecule has 1 heterocycles. The number of carbonyl (C=O) groups is 2. The minimum Gasteiger partial charge on any atom is -0.497 e. The Kier molecular flexibility index (Phi) is 4.65. The van der Waals surface area contributed by atoms with Crippen molar-refractivity contribution in [2.24, 2.45) is 0 Å². The van der Waals surface area contributed by atoms with Crippen molar-refractivity contribution in [1.82, 2.24) is 10.9 Å². The second-order valence-corrected chi connectivity index (χ2v) is 5.31. The first-order valence-corrected chi connectivity index (χ1v) is 7.45. The van der Waals surface area contributed by atoms with Gasteiger partial charge in [0.15, 0.2) is 0 Å².